The summed E-state index contributed by atoms with van der Waals surface area (Å²) in [4.78, 5) is 16.3. The summed E-state index contributed by atoms with van der Waals surface area (Å²) < 4.78 is 6.73. The Bertz CT molecular complexity index is 1220. The number of furan rings is 1. The summed E-state index contributed by atoms with van der Waals surface area (Å²) in [7, 11) is 0. The number of fused-ring (bicyclic) bond motifs is 1. The van der Waals surface area contributed by atoms with Gasteiger partial charge in [0.2, 0.25) is 0 Å². The van der Waals surface area contributed by atoms with Gasteiger partial charge in [-0.05, 0) is 70.4 Å². The summed E-state index contributed by atoms with van der Waals surface area (Å²) in [6.45, 7) is 2.01. The zero-order valence-electron chi connectivity index (χ0n) is 14.8. The van der Waals surface area contributed by atoms with Crippen molar-refractivity contribution < 1.29 is 14.3 Å². The number of carbonyl (C=O) groups is 1. The molecule has 4 aromatic rings. The number of aryl methyl sites for hydroxylation is 1. The van der Waals surface area contributed by atoms with Crippen LogP contribution >= 0.6 is 27.5 Å². The highest BCUT2D eigenvalue weighted by Crippen LogP contribution is 2.33. The van der Waals surface area contributed by atoms with Gasteiger partial charge in [-0.15, -0.1) is 0 Å². The quantitative estimate of drug-likeness (QED) is 0.407. The minimum Gasteiger partial charge on any atom is -0.545 e. The van der Waals surface area contributed by atoms with E-state index < -0.39 is 5.97 Å². The number of pyridine rings is 1. The molecule has 4 nitrogen and oxygen atoms in total. The second-order valence-electron chi connectivity index (χ2n) is 6.34. The number of aromatic nitrogens is 1. The van der Waals surface area contributed by atoms with Crippen molar-refractivity contribution in [3.05, 3.63) is 75.2 Å². The predicted octanol–water partition coefficient (Wildman–Crippen LogP) is 5.50. The van der Waals surface area contributed by atoms with Gasteiger partial charge in [0, 0.05) is 21.0 Å². The van der Waals surface area contributed by atoms with Crippen molar-refractivity contribution in [2.45, 2.75) is 13.3 Å². The van der Waals surface area contributed by atoms with Crippen LogP contribution in [0.4, 0.5) is 0 Å². The summed E-state index contributed by atoms with van der Waals surface area (Å²) in [5, 5.41) is 12.8. The van der Waals surface area contributed by atoms with E-state index in [2.05, 4.69) is 20.9 Å². The summed E-state index contributed by atoms with van der Waals surface area (Å²) >= 11 is 9.52. The third-order valence-corrected chi connectivity index (χ3v) is 5.80. The van der Waals surface area contributed by atoms with E-state index in [0.29, 0.717) is 33.1 Å². The standard InChI is InChI=1S/C22H15BrClNO3/c1-2-12-3-6-18-14(9-12)15(22(26)27)11-19(25-18)21-8-7-20(28-21)13-4-5-16(23)17(24)10-13/h3-11H,2H2,1H3,(H,26,27)/p-1. The molecule has 0 unspecified atom stereocenters. The lowest BCUT2D eigenvalue weighted by Crippen LogP contribution is -2.22. The molecule has 0 aliphatic heterocycles. The summed E-state index contributed by atoms with van der Waals surface area (Å²) in [6, 6.07) is 16.2. The van der Waals surface area contributed by atoms with Crippen LogP contribution in [0.5, 0.6) is 0 Å². The van der Waals surface area contributed by atoms with E-state index in [1.165, 1.54) is 6.07 Å². The van der Waals surface area contributed by atoms with E-state index in [1.807, 2.05) is 37.3 Å². The molecule has 0 aliphatic carbocycles. The molecule has 0 spiro atoms. The van der Waals surface area contributed by atoms with Crippen LogP contribution < -0.4 is 5.11 Å². The van der Waals surface area contributed by atoms with Crippen LogP contribution in [-0.2, 0) is 6.42 Å². The third-order valence-electron chi connectivity index (χ3n) is 4.56. The van der Waals surface area contributed by atoms with Crippen LogP contribution in [-0.4, -0.2) is 11.0 Å². The van der Waals surface area contributed by atoms with Crippen LogP contribution in [0.15, 0.2) is 63.5 Å². The lowest BCUT2D eigenvalue weighted by molar-refractivity contribution is -0.254. The van der Waals surface area contributed by atoms with Crippen LogP contribution in [0.2, 0.25) is 5.02 Å². The van der Waals surface area contributed by atoms with Crippen molar-refractivity contribution in [1.82, 2.24) is 4.98 Å². The zero-order chi connectivity index (χ0) is 19.8. The molecule has 0 atom stereocenters. The number of rotatable bonds is 4. The molecule has 0 bridgehead atoms. The first kappa shape index (κ1) is 18.7. The van der Waals surface area contributed by atoms with Gasteiger partial charge in [-0.2, -0.15) is 0 Å². The average Bonchev–Trinajstić information content (AvgIpc) is 3.19. The molecule has 140 valence electrons. The Hall–Kier alpha value is -2.63. The summed E-state index contributed by atoms with van der Waals surface area (Å²) in [5.41, 5.74) is 2.97. The maximum absolute atomic E-state index is 11.7. The molecule has 6 heteroatoms. The van der Waals surface area contributed by atoms with E-state index in [-0.39, 0.29) is 5.56 Å². The maximum Gasteiger partial charge on any atom is 0.153 e. The highest BCUT2D eigenvalue weighted by molar-refractivity contribution is 9.10. The molecule has 28 heavy (non-hydrogen) atoms. The summed E-state index contributed by atoms with van der Waals surface area (Å²) in [5.74, 6) is -0.158. The summed E-state index contributed by atoms with van der Waals surface area (Å²) in [6.07, 6.45) is 0.807. The van der Waals surface area contributed by atoms with Gasteiger partial charge >= 0.3 is 0 Å². The van der Waals surface area contributed by atoms with Crippen LogP contribution in [0.3, 0.4) is 0 Å². The molecule has 0 aliphatic rings. The van der Waals surface area contributed by atoms with Crippen molar-refractivity contribution in [2.24, 2.45) is 0 Å². The van der Waals surface area contributed by atoms with Gasteiger partial charge in [-0.1, -0.05) is 30.7 Å². The van der Waals surface area contributed by atoms with Gasteiger partial charge in [-0.3, -0.25) is 0 Å². The molecule has 2 aromatic carbocycles. The molecule has 0 N–H and O–H groups in total. The van der Waals surface area contributed by atoms with Crippen LogP contribution in [0.25, 0.3) is 33.7 Å². The van der Waals surface area contributed by atoms with E-state index in [4.69, 9.17) is 16.0 Å². The topological polar surface area (TPSA) is 66.2 Å². The number of halogens is 2. The van der Waals surface area contributed by atoms with Gasteiger partial charge in [0.1, 0.15) is 11.5 Å². The van der Waals surface area contributed by atoms with E-state index in [9.17, 15) is 9.90 Å². The fraction of sp³-hybridized carbons (Fsp3) is 0.0909. The first-order valence-electron chi connectivity index (χ1n) is 8.67. The van der Waals surface area contributed by atoms with Gasteiger partial charge < -0.3 is 14.3 Å². The minimum absolute atomic E-state index is 0.0972. The number of nitrogens with zero attached hydrogens (tertiary/aromatic N) is 1. The highest BCUT2D eigenvalue weighted by Gasteiger charge is 2.13. The number of benzene rings is 2. The number of carboxylic acids is 1. The lowest BCUT2D eigenvalue weighted by atomic mass is 10.0. The van der Waals surface area contributed by atoms with Crippen molar-refractivity contribution in [3.8, 4) is 22.8 Å². The number of carbonyl (C=O) groups excluding carboxylic acids is 1. The molecule has 0 amide bonds. The van der Waals surface area contributed by atoms with E-state index in [1.54, 1.807) is 18.2 Å². The molecule has 2 aromatic heterocycles. The monoisotopic (exact) mass is 454 g/mol. The number of carboxylic acid groups (broad SMARTS) is 1. The molecule has 0 radical (unpaired) electrons. The van der Waals surface area contributed by atoms with Crippen molar-refractivity contribution in [1.29, 1.82) is 0 Å². The van der Waals surface area contributed by atoms with Gasteiger partial charge in [0.15, 0.2) is 5.76 Å². The Morgan fingerprint density at radius 3 is 2.61 bits per heavy atom. The Kier molecular flexibility index (Phi) is 4.96. The second-order valence-corrected chi connectivity index (χ2v) is 7.60. The fourth-order valence-corrected chi connectivity index (χ4v) is 3.50. The number of hydrogen-bond acceptors (Lipinski definition) is 4. The van der Waals surface area contributed by atoms with Gasteiger partial charge in [0.25, 0.3) is 0 Å². The number of hydrogen-bond donors (Lipinski definition) is 0. The molecular weight excluding hydrogens is 442 g/mol. The fourth-order valence-electron chi connectivity index (χ4n) is 3.07. The highest BCUT2D eigenvalue weighted by atomic mass is 79.9. The second kappa shape index (κ2) is 7.41. The number of aromatic carboxylic acids is 1. The van der Waals surface area contributed by atoms with Crippen LogP contribution in [0, 0.1) is 0 Å². The van der Waals surface area contributed by atoms with Crippen molar-refractivity contribution >= 4 is 44.4 Å². The maximum atomic E-state index is 11.7. The molecule has 2 heterocycles. The van der Waals surface area contributed by atoms with Gasteiger partial charge in [-0.25, -0.2) is 4.98 Å². The molecule has 0 fully saturated rings. The molecule has 0 saturated heterocycles. The Morgan fingerprint density at radius 2 is 1.89 bits per heavy atom. The van der Waals surface area contributed by atoms with Crippen molar-refractivity contribution in [2.75, 3.05) is 0 Å². The smallest absolute Gasteiger partial charge is 0.153 e. The predicted molar refractivity (Wildman–Crippen MR) is 111 cm³/mol. The Morgan fingerprint density at radius 1 is 1.11 bits per heavy atom. The normalized spacial score (nSPS) is 11.1. The van der Waals surface area contributed by atoms with E-state index in [0.717, 1.165) is 22.0 Å². The lowest BCUT2D eigenvalue weighted by Gasteiger charge is -2.10. The Balaban J connectivity index is 1.82. The molecular formula is C22H14BrClNO3-. The van der Waals surface area contributed by atoms with Gasteiger partial charge in [0.05, 0.1) is 16.5 Å². The first-order chi connectivity index (χ1) is 13.5. The minimum atomic E-state index is -1.24. The van der Waals surface area contributed by atoms with Crippen LogP contribution in [0.1, 0.15) is 22.8 Å². The Labute approximate surface area is 174 Å². The largest absolute Gasteiger partial charge is 0.545 e. The molecule has 0 saturated carbocycles. The average molecular weight is 456 g/mol. The third kappa shape index (κ3) is 3.43. The molecule has 4 rings (SSSR count). The zero-order valence-corrected chi connectivity index (χ0v) is 17.2. The van der Waals surface area contributed by atoms with Crippen molar-refractivity contribution in [3.63, 3.8) is 0 Å². The van der Waals surface area contributed by atoms with E-state index >= 15 is 0 Å². The SMILES string of the molecule is CCc1ccc2nc(-c3ccc(-c4ccc(Br)c(Cl)c4)o3)cc(C(=O)[O-])c2c1. The first-order valence-corrected chi connectivity index (χ1v) is 9.84.